The molecule has 0 saturated carbocycles. The maximum absolute atomic E-state index is 11.9. The number of aliphatic hydroxyl groups excluding tert-OH is 1. The summed E-state index contributed by atoms with van der Waals surface area (Å²) in [5.74, 6) is 0. The second-order valence-corrected chi connectivity index (χ2v) is 6.00. The van der Waals surface area contributed by atoms with Gasteiger partial charge in [-0.15, -0.1) is 0 Å². The average Bonchev–Trinajstić information content (AvgIpc) is 2.17. The zero-order valence-corrected chi connectivity index (χ0v) is 9.87. The fraction of sp³-hybridized carbons (Fsp3) is 0.333. The first-order valence-electron chi connectivity index (χ1n) is 4.64. The third-order valence-electron chi connectivity index (χ3n) is 2.43. The Morgan fingerprint density at radius 2 is 2.06 bits per heavy atom. The van der Waals surface area contributed by atoms with E-state index in [1.807, 2.05) is 0 Å². The molecule has 0 aromatic heterocycles. The normalized spacial score (nSPS) is 18.4. The quantitative estimate of drug-likeness (QED) is 0.751. The number of hydrogen-bond acceptors (Lipinski definition) is 4. The number of halogens is 1. The maximum Gasteiger partial charge on any atom is 0.243 e. The Kier molecular flexibility index (Phi) is 2.83. The lowest BCUT2D eigenvalue weighted by Crippen LogP contribution is -2.53. The fourth-order valence-corrected chi connectivity index (χ4v) is 3.11. The summed E-state index contributed by atoms with van der Waals surface area (Å²) >= 11 is 5.71. The molecule has 1 heterocycles. The third kappa shape index (κ3) is 1.89. The van der Waals surface area contributed by atoms with Crippen LogP contribution in [0, 0.1) is 0 Å². The molecule has 16 heavy (non-hydrogen) atoms. The molecule has 1 aromatic carbocycles. The Bertz CT molecular complexity index is 511. The van der Waals surface area contributed by atoms with Gasteiger partial charge in [-0.2, -0.15) is 4.31 Å². The summed E-state index contributed by atoms with van der Waals surface area (Å²) in [5, 5.41) is 9.40. The summed E-state index contributed by atoms with van der Waals surface area (Å²) in [6.07, 6.45) is -0.570. The molecule has 2 rings (SSSR count). The van der Waals surface area contributed by atoms with Crippen molar-refractivity contribution in [2.45, 2.75) is 11.0 Å². The van der Waals surface area contributed by atoms with Crippen LogP contribution in [0.25, 0.3) is 0 Å². The molecule has 1 saturated heterocycles. The molecule has 1 aliphatic rings. The molecular weight excluding hydrogens is 252 g/mol. The summed E-state index contributed by atoms with van der Waals surface area (Å²) in [7, 11) is -3.54. The van der Waals surface area contributed by atoms with Crippen LogP contribution in [0.5, 0.6) is 0 Å². The molecule has 0 amide bonds. The first kappa shape index (κ1) is 11.7. The first-order valence-corrected chi connectivity index (χ1v) is 6.46. The summed E-state index contributed by atoms with van der Waals surface area (Å²) in [6.45, 7) is 0.260. The van der Waals surface area contributed by atoms with Crippen LogP contribution in [0.2, 0.25) is 5.02 Å². The third-order valence-corrected chi connectivity index (χ3v) is 4.61. The van der Waals surface area contributed by atoms with E-state index in [0.717, 1.165) is 0 Å². The smallest absolute Gasteiger partial charge is 0.243 e. The molecule has 0 bridgehead atoms. The van der Waals surface area contributed by atoms with E-state index in [1.54, 1.807) is 0 Å². The highest BCUT2D eigenvalue weighted by atomic mass is 35.5. The van der Waals surface area contributed by atoms with Gasteiger partial charge in [-0.3, -0.25) is 0 Å². The molecule has 0 aliphatic carbocycles. The highest BCUT2D eigenvalue weighted by Crippen LogP contribution is 2.26. The van der Waals surface area contributed by atoms with Crippen molar-refractivity contribution in [3.05, 3.63) is 23.2 Å². The van der Waals surface area contributed by atoms with E-state index >= 15 is 0 Å². The molecule has 5 nitrogen and oxygen atoms in total. The number of nitrogens with zero attached hydrogens (tertiary/aromatic N) is 1. The van der Waals surface area contributed by atoms with Crippen molar-refractivity contribution in [2.75, 3.05) is 18.8 Å². The molecule has 88 valence electrons. The summed E-state index contributed by atoms with van der Waals surface area (Å²) in [6, 6.07) is 4.17. The lowest BCUT2D eigenvalue weighted by Gasteiger charge is -2.34. The predicted molar refractivity (Wildman–Crippen MR) is 60.6 cm³/mol. The summed E-state index contributed by atoms with van der Waals surface area (Å²) < 4.78 is 25.1. The predicted octanol–water partition coefficient (Wildman–Crippen LogP) is 0.287. The van der Waals surface area contributed by atoms with Gasteiger partial charge >= 0.3 is 0 Å². The zero-order chi connectivity index (χ0) is 11.9. The zero-order valence-electron chi connectivity index (χ0n) is 8.30. The minimum Gasteiger partial charge on any atom is -0.397 e. The van der Waals surface area contributed by atoms with Gasteiger partial charge in [-0.05, 0) is 18.2 Å². The number of nitrogens with two attached hydrogens (primary N) is 1. The minimum atomic E-state index is -3.54. The fourth-order valence-electron chi connectivity index (χ4n) is 1.44. The molecule has 1 aromatic rings. The van der Waals surface area contributed by atoms with E-state index in [4.69, 9.17) is 22.4 Å². The number of sulfonamides is 1. The van der Waals surface area contributed by atoms with Crippen molar-refractivity contribution < 1.29 is 13.5 Å². The Labute approximate surface area is 98.5 Å². The average molecular weight is 263 g/mol. The standard InChI is InChI=1S/C9H11ClN2O3S/c10-8-2-1-7(3-9(8)11)16(14,15)12-4-6(13)5-12/h1-3,6,13H,4-5,11H2. The van der Waals surface area contributed by atoms with E-state index in [-0.39, 0.29) is 23.7 Å². The summed E-state index contributed by atoms with van der Waals surface area (Å²) in [4.78, 5) is 0.0984. The van der Waals surface area contributed by atoms with Crippen LogP contribution in [0.3, 0.4) is 0 Å². The van der Waals surface area contributed by atoms with Crippen LogP contribution in [0.15, 0.2) is 23.1 Å². The number of benzene rings is 1. The number of rotatable bonds is 2. The number of aliphatic hydroxyl groups is 1. The van der Waals surface area contributed by atoms with Crippen molar-refractivity contribution in [1.29, 1.82) is 0 Å². The molecule has 0 radical (unpaired) electrons. The van der Waals surface area contributed by atoms with Gasteiger partial charge in [0.15, 0.2) is 0 Å². The largest absolute Gasteiger partial charge is 0.397 e. The number of hydrogen-bond donors (Lipinski definition) is 2. The van der Waals surface area contributed by atoms with E-state index in [1.165, 1.54) is 22.5 Å². The molecule has 0 atom stereocenters. The van der Waals surface area contributed by atoms with Gasteiger partial charge in [0.05, 0.1) is 21.7 Å². The molecule has 0 spiro atoms. The van der Waals surface area contributed by atoms with Crippen LogP contribution < -0.4 is 5.73 Å². The van der Waals surface area contributed by atoms with Crippen molar-refractivity contribution >= 4 is 27.3 Å². The van der Waals surface area contributed by atoms with Gasteiger partial charge in [0.1, 0.15) is 0 Å². The summed E-state index contributed by atoms with van der Waals surface area (Å²) in [5.41, 5.74) is 5.77. The number of β-amino-alcohol motifs (C(OH)–C–C–N with tert-alkyl or cyclic N) is 1. The lowest BCUT2D eigenvalue weighted by atomic mass is 10.2. The minimum absolute atomic E-state index is 0.0984. The van der Waals surface area contributed by atoms with Crippen LogP contribution >= 0.6 is 11.6 Å². The Morgan fingerprint density at radius 3 is 2.56 bits per heavy atom. The number of anilines is 1. The van der Waals surface area contributed by atoms with E-state index in [9.17, 15) is 8.42 Å². The second-order valence-electron chi connectivity index (χ2n) is 3.66. The highest BCUT2D eigenvalue weighted by Gasteiger charge is 2.35. The molecule has 1 aliphatic heterocycles. The van der Waals surface area contributed by atoms with Gasteiger partial charge in [-0.25, -0.2) is 8.42 Å². The SMILES string of the molecule is Nc1cc(S(=O)(=O)N2CC(O)C2)ccc1Cl. The van der Waals surface area contributed by atoms with Crippen molar-refractivity contribution in [3.8, 4) is 0 Å². The topological polar surface area (TPSA) is 83.6 Å². The van der Waals surface area contributed by atoms with E-state index in [0.29, 0.717) is 5.02 Å². The van der Waals surface area contributed by atoms with Crippen molar-refractivity contribution in [1.82, 2.24) is 4.31 Å². The first-order chi connectivity index (χ1) is 7.41. The lowest BCUT2D eigenvalue weighted by molar-refractivity contribution is 0.0548. The van der Waals surface area contributed by atoms with Crippen molar-refractivity contribution in [3.63, 3.8) is 0 Å². The van der Waals surface area contributed by atoms with Gasteiger partial charge in [0.25, 0.3) is 0 Å². The van der Waals surface area contributed by atoms with E-state index in [2.05, 4.69) is 0 Å². The van der Waals surface area contributed by atoms with Gasteiger partial charge in [0.2, 0.25) is 10.0 Å². The number of nitrogen functional groups attached to an aromatic ring is 1. The molecule has 3 N–H and O–H groups in total. The van der Waals surface area contributed by atoms with Gasteiger partial charge in [0, 0.05) is 13.1 Å². The molecular formula is C9H11ClN2O3S. The van der Waals surface area contributed by atoms with Crippen LogP contribution in [-0.4, -0.2) is 37.0 Å². The molecule has 0 unspecified atom stereocenters. The molecule has 7 heteroatoms. The monoisotopic (exact) mass is 262 g/mol. The van der Waals surface area contributed by atoms with Crippen molar-refractivity contribution in [2.24, 2.45) is 0 Å². The van der Waals surface area contributed by atoms with Gasteiger partial charge in [-0.1, -0.05) is 11.6 Å². The Balaban J connectivity index is 2.33. The van der Waals surface area contributed by atoms with E-state index < -0.39 is 16.1 Å². The van der Waals surface area contributed by atoms with Gasteiger partial charge < -0.3 is 10.8 Å². The van der Waals surface area contributed by atoms with Crippen LogP contribution in [0.1, 0.15) is 0 Å². The van der Waals surface area contributed by atoms with Crippen LogP contribution in [-0.2, 0) is 10.0 Å². The second kappa shape index (κ2) is 3.89. The Hall–Kier alpha value is -0.820. The molecule has 1 fully saturated rings. The van der Waals surface area contributed by atoms with Crippen LogP contribution in [0.4, 0.5) is 5.69 Å². The maximum atomic E-state index is 11.9. The Morgan fingerprint density at radius 1 is 1.44 bits per heavy atom. The highest BCUT2D eigenvalue weighted by molar-refractivity contribution is 7.89.